The van der Waals surface area contributed by atoms with E-state index in [1.165, 1.54) is 36.4 Å². The number of carbonyl (C=O) groups excluding carboxylic acids is 3. The zero-order valence-corrected chi connectivity index (χ0v) is 23.3. The average molecular weight is 609 g/mol. The lowest BCUT2D eigenvalue weighted by atomic mass is 10.1. The second-order valence-corrected chi connectivity index (χ2v) is 9.55. The number of hydrogen-bond donors (Lipinski definition) is 1. The van der Waals surface area contributed by atoms with Crippen LogP contribution in [0.5, 0.6) is 23.0 Å². The number of esters is 1. The minimum atomic E-state index is -0.694. The molecule has 10 nitrogen and oxygen atoms in total. The molecule has 1 N–H and O–H groups in total. The average Bonchev–Trinajstić information content (AvgIpc) is 2.98. The Morgan fingerprint density at radius 3 is 1.98 bits per heavy atom. The van der Waals surface area contributed by atoms with Crippen molar-refractivity contribution < 1.29 is 33.5 Å². The Labute approximate surface area is 249 Å². The normalized spacial score (nSPS) is 10.4. The van der Waals surface area contributed by atoms with Gasteiger partial charge in [-0.15, -0.1) is 0 Å². The second-order valence-electron chi connectivity index (χ2n) is 8.71. The molecular formula is C30H22Cl2N2O8. The molecule has 12 heteroatoms. The maximum Gasteiger partial charge on any atom is 0.306 e. The molecule has 0 aliphatic rings. The largest absolute Gasteiger partial charge is 0.457 e. The lowest BCUT2D eigenvalue weighted by molar-refractivity contribution is -0.384. The zero-order chi connectivity index (χ0) is 30.1. The van der Waals surface area contributed by atoms with Gasteiger partial charge in [-0.1, -0.05) is 23.2 Å². The Hall–Kier alpha value is -4.93. The van der Waals surface area contributed by atoms with Crippen LogP contribution in [-0.2, 0) is 14.3 Å². The first-order valence-corrected chi connectivity index (χ1v) is 13.2. The van der Waals surface area contributed by atoms with Gasteiger partial charge in [0.1, 0.15) is 23.0 Å². The van der Waals surface area contributed by atoms with Gasteiger partial charge in [0.15, 0.2) is 12.4 Å². The van der Waals surface area contributed by atoms with Crippen LogP contribution in [0.1, 0.15) is 23.2 Å². The van der Waals surface area contributed by atoms with Crippen molar-refractivity contribution in [1.82, 2.24) is 0 Å². The molecular weight excluding hydrogens is 587 g/mol. The fraction of sp³-hybridized carbons (Fsp3) is 0.100. The van der Waals surface area contributed by atoms with Crippen molar-refractivity contribution >= 4 is 52.2 Å². The number of nitrogens with zero attached hydrogens (tertiary/aromatic N) is 1. The highest BCUT2D eigenvalue weighted by Crippen LogP contribution is 2.32. The minimum Gasteiger partial charge on any atom is -0.457 e. The SMILES string of the molecule is O=C(CCC(=O)OCC(=O)c1ccc(Oc2ccc([N+](=O)[O-])cc2)cc1)Nc1ccc(Oc2ccc(Cl)cc2Cl)cc1. The Bertz CT molecular complexity index is 1590. The fourth-order valence-electron chi connectivity index (χ4n) is 3.51. The molecule has 0 bridgehead atoms. The van der Waals surface area contributed by atoms with Crippen molar-refractivity contribution in [3.63, 3.8) is 0 Å². The first-order chi connectivity index (χ1) is 20.2. The molecule has 0 aromatic heterocycles. The number of anilines is 1. The van der Waals surface area contributed by atoms with Crippen molar-refractivity contribution in [3.05, 3.63) is 117 Å². The maximum absolute atomic E-state index is 12.4. The number of benzene rings is 4. The van der Waals surface area contributed by atoms with Crippen LogP contribution in [-0.4, -0.2) is 29.2 Å². The second kappa shape index (κ2) is 14.1. The number of Topliss-reactive ketones (excluding diaryl/α,β-unsaturated/α-hetero) is 1. The van der Waals surface area contributed by atoms with E-state index in [9.17, 15) is 24.5 Å². The summed E-state index contributed by atoms with van der Waals surface area (Å²) in [4.78, 5) is 46.9. The van der Waals surface area contributed by atoms with Gasteiger partial charge in [-0.2, -0.15) is 0 Å². The van der Waals surface area contributed by atoms with Gasteiger partial charge >= 0.3 is 5.97 Å². The topological polar surface area (TPSA) is 134 Å². The smallest absolute Gasteiger partial charge is 0.306 e. The molecule has 0 saturated heterocycles. The van der Waals surface area contributed by atoms with Crippen LogP contribution in [0.2, 0.25) is 10.0 Å². The number of halogens is 2. The number of non-ortho nitro benzene ring substituents is 1. The third-order valence-corrected chi connectivity index (χ3v) is 6.17. The van der Waals surface area contributed by atoms with E-state index < -0.39 is 29.2 Å². The van der Waals surface area contributed by atoms with Crippen LogP contribution in [0.4, 0.5) is 11.4 Å². The summed E-state index contributed by atoms with van der Waals surface area (Å²) in [6, 6.07) is 23.1. The van der Waals surface area contributed by atoms with Crippen LogP contribution >= 0.6 is 23.2 Å². The van der Waals surface area contributed by atoms with Crippen LogP contribution in [0.15, 0.2) is 91.0 Å². The van der Waals surface area contributed by atoms with Crippen molar-refractivity contribution in [1.29, 1.82) is 0 Å². The highest BCUT2D eigenvalue weighted by Gasteiger charge is 2.13. The van der Waals surface area contributed by atoms with Crippen LogP contribution in [0.25, 0.3) is 0 Å². The maximum atomic E-state index is 12.4. The predicted octanol–water partition coefficient (Wildman–Crippen LogP) is 7.63. The highest BCUT2D eigenvalue weighted by molar-refractivity contribution is 6.35. The summed E-state index contributed by atoms with van der Waals surface area (Å²) < 4.78 is 16.3. The Morgan fingerprint density at radius 2 is 1.36 bits per heavy atom. The quantitative estimate of drug-likeness (QED) is 0.0750. The van der Waals surface area contributed by atoms with E-state index in [-0.39, 0.29) is 18.5 Å². The number of carbonyl (C=O) groups is 3. The predicted molar refractivity (Wildman–Crippen MR) is 156 cm³/mol. The van der Waals surface area contributed by atoms with Crippen molar-refractivity contribution in [2.45, 2.75) is 12.8 Å². The zero-order valence-electron chi connectivity index (χ0n) is 21.8. The number of nitrogens with one attached hydrogen (secondary N) is 1. The molecule has 1 amide bonds. The molecule has 0 atom stereocenters. The molecule has 0 unspecified atom stereocenters. The van der Waals surface area contributed by atoms with Gasteiger partial charge in [0.05, 0.1) is 16.4 Å². The van der Waals surface area contributed by atoms with Gasteiger partial charge in [-0.25, -0.2) is 0 Å². The molecule has 214 valence electrons. The van der Waals surface area contributed by atoms with Crippen LogP contribution in [0.3, 0.4) is 0 Å². The Morgan fingerprint density at radius 1 is 0.762 bits per heavy atom. The number of ketones is 1. The molecule has 42 heavy (non-hydrogen) atoms. The van der Waals surface area contributed by atoms with Gasteiger partial charge in [0, 0.05) is 34.8 Å². The molecule has 0 saturated carbocycles. The summed E-state index contributed by atoms with van der Waals surface area (Å²) in [5.74, 6) is 0.200. The fourth-order valence-corrected chi connectivity index (χ4v) is 3.96. The third kappa shape index (κ3) is 8.79. The van der Waals surface area contributed by atoms with E-state index in [1.807, 2.05) is 0 Å². The third-order valence-electron chi connectivity index (χ3n) is 5.64. The molecule has 4 aromatic carbocycles. The summed E-state index contributed by atoms with van der Waals surface area (Å²) in [5.41, 5.74) is 0.734. The van der Waals surface area contributed by atoms with Gasteiger partial charge in [0.2, 0.25) is 5.91 Å². The number of rotatable bonds is 12. The minimum absolute atomic E-state index is 0.0585. The van der Waals surface area contributed by atoms with Crippen molar-refractivity contribution in [2.75, 3.05) is 11.9 Å². The highest BCUT2D eigenvalue weighted by atomic mass is 35.5. The van der Waals surface area contributed by atoms with Crippen LogP contribution < -0.4 is 14.8 Å². The van der Waals surface area contributed by atoms with E-state index in [0.717, 1.165) is 0 Å². The lowest BCUT2D eigenvalue weighted by Gasteiger charge is -2.09. The first-order valence-electron chi connectivity index (χ1n) is 12.4. The molecule has 4 aromatic rings. The lowest BCUT2D eigenvalue weighted by Crippen LogP contribution is -2.17. The van der Waals surface area contributed by atoms with E-state index in [2.05, 4.69) is 5.32 Å². The van der Waals surface area contributed by atoms with E-state index >= 15 is 0 Å². The number of nitro groups is 1. The number of nitro benzene ring substituents is 1. The summed E-state index contributed by atoms with van der Waals surface area (Å²) >= 11 is 12.0. The van der Waals surface area contributed by atoms with Gasteiger partial charge in [0.25, 0.3) is 5.69 Å². The molecule has 4 rings (SSSR count). The van der Waals surface area contributed by atoms with Crippen molar-refractivity contribution in [3.8, 4) is 23.0 Å². The van der Waals surface area contributed by atoms with Gasteiger partial charge in [-0.3, -0.25) is 24.5 Å². The summed E-state index contributed by atoms with van der Waals surface area (Å²) in [7, 11) is 0. The standard InChI is InChI=1S/C30H22Cl2N2O8/c31-20-3-14-28(26(32)17-20)42-25-10-4-21(5-11-25)33-29(36)15-16-30(37)40-18-27(35)19-1-8-23(9-2-19)41-24-12-6-22(7-13-24)34(38)39/h1-14,17H,15-16,18H2,(H,33,36). The molecule has 0 radical (unpaired) electrons. The monoisotopic (exact) mass is 608 g/mol. The Kier molecular flexibility index (Phi) is 10.1. The van der Waals surface area contributed by atoms with E-state index in [1.54, 1.807) is 54.6 Å². The molecule has 0 aliphatic carbocycles. The van der Waals surface area contributed by atoms with Gasteiger partial charge in [-0.05, 0) is 78.9 Å². The Balaban J connectivity index is 1.17. The summed E-state index contributed by atoms with van der Waals surface area (Å²) in [5, 5.41) is 14.3. The van der Waals surface area contributed by atoms with E-state index in [0.29, 0.717) is 44.3 Å². The summed E-state index contributed by atoms with van der Waals surface area (Å²) in [6.07, 6.45) is -0.349. The number of ether oxygens (including phenoxy) is 3. The first kappa shape index (κ1) is 30.0. The number of amides is 1. The molecule has 0 aliphatic heterocycles. The van der Waals surface area contributed by atoms with Crippen molar-refractivity contribution in [2.24, 2.45) is 0 Å². The van der Waals surface area contributed by atoms with Gasteiger partial charge < -0.3 is 19.5 Å². The number of hydrogen-bond acceptors (Lipinski definition) is 8. The summed E-state index contributed by atoms with van der Waals surface area (Å²) in [6.45, 7) is -0.484. The molecule has 0 fully saturated rings. The van der Waals surface area contributed by atoms with E-state index in [4.69, 9.17) is 37.4 Å². The molecule has 0 heterocycles. The van der Waals surface area contributed by atoms with Crippen LogP contribution in [0, 0.1) is 10.1 Å². The molecule has 0 spiro atoms.